The third-order valence-electron chi connectivity index (χ3n) is 7.36. The minimum absolute atomic E-state index is 0.172. The summed E-state index contributed by atoms with van der Waals surface area (Å²) >= 11 is 1.81. The molecule has 7 nitrogen and oxygen atoms in total. The highest BCUT2D eigenvalue weighted by Crippen LogP contribution is 2.34. The van der Waals surface area contributed by atoms with Crippen molar-refractivity contribution in [1.29, 1.82) is 0 Å². The molecule has 0 amide bonds. The molecule has 0 bridgehead atoms. The van der Waals surface area contributed by atoms with Crippen LogP contribution in [-0.2, 0) is 24.3 Å². The number of hydrogen-bond acceptors (Lipinski definition) is 6. The lowest BCUT2D eigenvalue weighted by molar-refractivity contribution is 0.0696. The van der Waals surface area contributed by atoms with Crippen molar-refractivity contribution in [1.82, 2.24) is 19.1 Å². The van der Waals surface area contributed by atoms with Crippen LogP contribution < -0.4 is 0 Å². The smallest absolute Gasteiger partial charge is 0.339 e. The van der Waals surface area contributed by atoms with E-state index in [1.165, 1.54) is 34.0 Å². The molecule has 5 rings (SSSR count). The second-order valence-electron chi connectivity index (χ2n) is 9.58. The van der Waals surface area contributed by atoms with E-state index in [0.29, 0.717) is 18.1 Å². The molecule has 0 spiro atoms. The Labute approximate surface area is 235 Å². The highest BCUT2D eigenvalue weighted by molar-refractivity contribution is 7.96. The largest absolute Gasteiger partial charge is 0.488 e. The van der Waals surface area contributed by atoms with Gasteiger partial charge in [-0.05, 0) is 86.2 Å². The van der Waals surface area contributed by atoms with E-state index >= 15 is 0 Å². The SMILES string of the molecule is CC.CSN1CCc2c(ccc(COC3=C(C)CCC=C3c3cccc(-n4ncc(C(=O)O)c4C)n3)c2C)C1. The van der Waals surface area contributed by atoms with Gasteiger partial charge in [-0.15, -0.1) is 0 Å². The van der Waals surface area contributed by atoms with Crippen LogP contribution in [0.5, 0.6) is 0 Å². The molecule has 8 heteroatoms. The van der Waals surface area contributed by atoms with Crippen LogP contribution >= 0.6 is 11.9 Å². The van der Waals surface area contributed by atoms with E-state index in [4.69, 9.17) is 9.72 Å². The highest BCUT2D eigenvalue weighted by atomic mass is 32.2. The second kappa shape index (κ2) is 12.7. The lowest BCUT2D eigenvalue weighted by atomic mass is 9.92. The fourth-order valence-corrected chi connectivity index (χ4v) is 5.70. The number of allylic oxidation sites excluding steroid dienone is 3. The summed E-state index contributed by atoms with van der Waals surface area (Å²) in [6.07, 6.45) is 8.63. The molecule has 0 radical (unpaired) electrons. The van der Waals surface area contributed by atoms with Crippen LogP contribution in [0.25, 0.3) is 11.4 Å². The third-order valence-corrected chi connectivity index (χ3v) is 8.19. The van der Waals surface area contributed by atoms with Gasteiger partial charge in [-0.3, -0.25) is 0 Å². The maximum absolute atomic E-state index is 11.5. The van der Waals surface area contributed by atoms with E-state index in [9.17, 15) is 9.90 Å². The monoisotopic (exact) mass is 546 g/mol. The molecule has 0 unspecified atom stereocenters. The van der Waals surface area contributed by atoms with Crippen molar-refractivity contribution in [3.8, 4) is 5.82 Å². The summed E-state index contributed by atoms with van der Waals surface area (Å²) < 4.78 is 10.5. The maximum Gasteiger partial charge on any atom is 0.339 e. The molecule has 0 atom stereocenters. The van der Waals surface area contributed by atoms with E-state index in [2.05, 4.69) is 47.7 Å². The first-order chi connectivity index (χ1) is 18.9. The molecule has 0 fully saturated rings. The number of benzene rings is 1. The van der Waals surface area contributed by atoms with Crippen LogP contribution in [0.1, 0.15) is 77.6 Å². The van der Waals surface area contributed by atoms with E-state index in [1.807, 2.05) is 44.0 Å². The van der Waals surface area contributed by atoms with Crippen molar-refractivity contribution in [3.05, 3.63) is 93.1 Å². The molecule has 1 aromatic carbocycles. The van der Waals surface area contributed by atoms with Gasteiger partial charge in [0.15, 0.2) is 5.82 Å². The van der Waals surface area contributed by atoms with Crippen LogP contribution in [0.15, 0.2) is 53.9 Å². The van der Waals surface area contributed by atoms with Crippen LogP contribution in [0, 0.1) is 13.8 Å². The van der Waals surface area contributed by atoms with Crippen LogP contribution in [-0.4, -0.2) is 42.9 Å². The molecule has 2 aromatic heterocycles. The predicted octanol–water partition coefficient (Wildman–Crippen LogP) is 6.91. The van der Waals surface area contributed by atoms with Crippen molar-refractivity contribution in [2.45, 2.75) is 67.0 Å². The van der Waals surface area contributed by atoms with E-state index in [0.717, 1.165) is 49.4 Å². The Bertz CT molecular complexity index is 1420. The number of aromatic nitrogens is 3. The molecule has 3 aromatic rings. The lowest BCUT2D eigenvalue weighted by Crippen LogP contribution is -2.25. The summed E-state index contributed by atoms with van der Waals surface area (Å²) in [6.45, 7) is 12.6. The molecule has 2 aliphatic rings. The van der Waals surface area contributed by atoms with E-state index < -0.39 is 5.97 Å². The Kier molecular flexibility index (Phi) is 9.30. The van der Waals surface area contributed by atoms with Gasteiger partial charge in [0.1, 0.15) is 17.9 Å². The zero-order valence-corrected chi connectivity index (χ0v) is 24.6. The molecule has 39 heavy (non-hydrogen) atoms. The highest BCUT2D eigenvalue weighted by Gasteiger charge is 2.22. The van der Waals surface area contributed by atoms with Gasteiger partial charge in [-0.25, -0.2) is 18.8 Å². The van der Waals surface area contributed by atoms with Crippen molar-refractivity contribution >= 4 is 23.5 Å². The molecule has 1 aliphatic heterocycles. The van der Waals surface area contributed by atoms with Crippen LogP contribution in [0.4, 0.5) is 0 Å². The Hall–Kier alpha value is -3.36. The summed E-state index contributed by atoms with van der Waals surface area (Å²) in [7, 11) is 0. The molecule has 1 aliphatic carbocycles. The van der Waals surface area contributed by atoms with Gasteiger partial charge < -0.3 is 9.84 Å². The summed E-state index contributed by atoms with van der Waals surface area (Å²) in [5.41, 5.74) is 9.11. The summed E-state index contributed by atoms with van der Waals surface area (Å²) in [5.74, 6) is 0.462. The Morgan fingerprint density at radius 1 is 1.13 bits per heavy atom. The number of pyridine rings is 1. The summed E-state index contributed by atoms with van der Waals surface area (Å²) in [5, 5.41) is 13.7. The first-order valence-corrected chi connectivity index (χ1v) is 14.7. The number of nitrogens with zero attached hydrogens (tertiary/aromatic N) is 4. The van der Waals surface area contributed by atoms with Gasteiger partial charge in [-0.1, -0.05) is 50.1 Å². The number of ether oxygens (including phenoxy) is 1. The van der Waals surface area contributed by atoms with Crippen molar-refractivity contribution in [2.75, 3.05) is 12.8 Å². The minimum atomic E-state index is -0.997. The third kappa shape index (κ3) is 5.97. The number of carboxylic acid groups (broad SMARTS) is 1. The molecule has 1 N–H and O–H groups in total. The van der Waals surface area contributed by atoms with Gasteiger partial charge in [0.25, 0.3) is 0 Å². The van der Waals surface area contributed by atoms with Gasteiger partial charge in [-0.2, -0.15) is 5.10 Å². The Morgan fingerprint density at radius 2 is 1.92 bits per heavy atom. The average Bonchev–Trinajstić information content (AvgIpc) is 3.35. The molecule has 0 saturated carbocycles. The molecular weight excluding hydrogens is 508 g/mol. The summed E-state index contributed by atoms with van der Waals surface area (Å²) in [4.78, 5) is 16.3. The lowest BCUT2D eigenvalue weighted by Gasteiger charge is -2.29. The van der Waals surface area contributed by atoms with E-state index in [-0.39, 0.29) is 5.56 Å². The normalized spacial score (nSPS) is 15.3. The minimum Gasteiger partial charge on any atom is -0.488 e. The number of hydrogen-bond donors (Lipinski definition) is 1. The van der Waals surface area contributed by atoms with Gasteiger partial charge in [0.05, 0.1) is 17.6 Å². The number of carbonyl (C=O) groups is 1. The fraction of sp³-hybridized carbons (Fsp3) is 0.387. The Balaban J connectivity index is 0.00000172. The van der Waals surface area contributed by atoms with Crippen molar-refractivity contribution in [3.63, 3.8) is 0 Å². The zero-order valence-electron chi connectivity index (χ0n) is 23.7. The van der Waals surface area contributed by atoms with Gasteiger partial charge >= 0.3 is 5.97 Å². The predicted molar refractivity (Wildman–Crippen MR) is 158 cm³/mol. The van der Waals surface area contributed by atoms with Crippen LogP contribution in [0.3, 0.4) is 0 Å². The van der Waals surface area contributed by atoms with Crippen molar-refractivity contribution < 1.29 is 14.6 Å². The summed E-state index contributed by atoms with van der Waals surface area (Å²) in [6, 6.07) is 10.2. The number of fused-ring (bicyclic) bond motifs is 1. The number of aromatic carboxylic acids is 1. The number of carboxylic acids is 1. The van der Waals surface area contributed by atoms with Crippen LogP contribution in [0.2, 0.25) is 0 Å². The molecule has 206 valence electrons. The standard InChI is InChI=1S/C29H32N4O3S.C2H6/c1-18-7-5-8-24(26-9-6-10-27(31-26)33-20(3)25(15-30-33)29(34)35)28(18)36-17-22-12-11-21-16-32(37-4)14-13-23(21)19(22)2;1-2/h6,8-12,15H,5,7,13-14,16-17H2,1-4H3,(H,34,35);1-2H3. The van der Waals surface area contributed by atoms with Crippen molar-refractivity contribution in [2.24, 2.45) is 0 Å². The average molecular weight is 547 g/mol. The first-order valence-electron chi connectivity index (χ1n) is 13.6. The fourth-order valence-electron chi connectivity index (χ4n) is 5.16. The second-order valence-corrected chi connectivity index (χ2v) is 10.5. The number of rotatable bonds is 7. The molecule has 0 saturated heterocycles. The first kappa shape index (κ1) is 28.6. The zero-order chi connectivity index (χ0) is 28.1. The van der Waals surface area contributed by atoms with E-state index in [1.54, 1.807) is 11.6 Å². The van der Waals surface area contributed by atoms with Gasteiger partial charge in [0, 0.05) is 18.7 Å². The quantitative estimate of drug-likeness (QED) is 0.322. The molecular formula is C31H38N4O3S. The molecule has 3 heterocycles. The van der Waals surface area contributed by atoms with Gasteiger partial charge in [0.2, 0.25) is 0 Å². The maximum atomic E-state index is 11.5. The topological polar surface area (TPSA) is 80.5 Å². The Morgan fingerprint density at radius 3 is 2.64 bits per heavy atom.